The molecular formula is C20H17N3O3S. The second kappa shape index (κ2) is 6.51. The molecule has 0 aliphatic carbocycles. The average Bonchev–Trinajstić information content (AvgIpc) is 2.67. The number of aromatic nitrogens is 1. The molecule has 0 fully saturated rings. The number of fused-ring (bicyclic) bond motifs is 1. The number of pyridine rings is 1. The van der Waals surface area contributed by atoms with Crippen LogP contribution in [0.25, 0.3) is 0 Å². The molecule has 3 aromatic rings. The van der Waals surface area contributed by atoms with Crippen molar-refractivity contribution in [3.63, 3.8) is 0 Å². The van der Waals surface area contributed by atoms with Crippen molar-refractivity contribution in [3.8, 4) is 0 Å². The first-order valence-corrected chi connectivity index (χ1v) is 9.84. The molecule has 0 spiro atoms. The SMILES string of the molecule is Cc1ccccc1N1C(=O)N(Cc2cccnc2)c2ccccc2S1(=O)=O. The molecule has 7 heteroatoms. The van der Waals surface area contributed by atoms with Gasteiger partial charge in [0, 0.05) is 12.4 Å². The summed E-state index contributed by atoms with van der Waals surface area (Å²) in [4.78, 5) is 19.0. The molecule has 136 valence electrons. The van der Waals surface area contributed by atoms with E-state index in [0.717, 1.165) is 9.87 Å². The predicted octanol–water partition coefficient (Wildman–Crippen LogP) is 3.73. The molecule has 2 aromatic carbocycles. The fourth-order valence-corrected chi connectivity index (χ4v) is 4.82. The fraction of sp³-hybridized carbons (Fsp3) is 0.100. The molecule has 1 aromatic heterocycles. The van der Waals surface area contributed by atoms with E-state index >= 15 is 0 Å². The Morgan fingerprint density at radius 2 is 1.63 bits per heavy atom. The first kappa shape index (κ1) is 17.2. The molecule has 0 bridgehead atoms. The number of hydrogen-bond acceptors (Lipinski definition) is 4. The van der Waals surface area contributed by atoms with Gasteiger partial charge in [-0.3, -0.25) is 9.88 Å². The smallest absolute Gasteiger partial charge is 0.287 e. The highest BCUT2D eigenvalue weighted by atomic mass is 32.2. The van der Waals surface area contributed by atoms with Crippen molar-refractivity contribution in [3.05, 3.63) is 84.2 Å². The number of aryl methyl sites for hydroxylation is 1. The molecule has 0 unspecified atom stereocenters. The highest BCUT2D eigenvalue weighted by Crippen LogP contribution is 2.38. The van der Waals surface area contributed by atoms with Crippen LogP contribution in [0.5, 0.6) is 0 Å². The number of para-hydroxylation sites is 2. The lowest BCUT2D eigenvalue weighted by Gasteiger charge is -2.36. The molecule has 2 heterocycles. The van der Waals surface area contributed by atoms with Gasteiger partial charge in [0.15, 0.2) is 0 Å². The molecular weight excluding hydrogens is 362 g/mol. The van der Waals surface area contributed by atoms with Crippen molar-refractivity contribution in [1.82, 2.24) is 4.98 Å². The summed E-state index contributed by atoms with van der Waals surface area (Å²) in [6, 6.07) is 16.5. The Morgan fingerprint density at radius 3 is 2.33 bits per heavy atom. The third-order valence-corrected chi connectivity index (χ3v) is 6.21. The van der Waals surface area contributed by atoms with Gasteiger partial charge in [0.2, 0.25) is 0 Å². The van der Waals surface area contributed by atoms with E-state index in [1.165, 1.54) is 11.0 Å². The zero-order valence-corrected chi connectivity index (χ0v) is 15.4. The Hall–Kier alpha value is -3.19. The van der Waals surface area contributed by atoms with E-state index in [2.05, 4.69) is 4.98 Å². The normalized spacial score (nSPS) is 15.5. The van der Waals surface area contributed by atoms with Crippen LogP contribution in [0.2, 0.25) is 0 Å². The number of carbonyl (C=O) groups excluding carboxylic acids is 1. The summed E-state index contributed by atoms with van der Waals surface area (Å²) in [6.07, 6.45) is 3.32. The van der Waals surface area contributed by atoms with Gasteiger partial charge >= 0.3 is 6.03 Å². The first-order valence-electron chi connectivity index (χ1n) is 8.40. The standard InChI is InChI=1S/C20H17N3O3S/c1-15-7-2-3-9-17(15)23-20(24)22(14-16-8-6-12-21-13-16)18-10-4-5-11-19(18)27(23,25)26/h2-13H,14H2,1H3. The Kier molecular flexibility index (Phi) is 4.16. The maximum Gasteiger partial charge on any atom is 0.343 e. The predicted molar refractivity (Wildman–Crippen MR) is 103 cm³/mol. The third-order valence-electron chi connectivity index (χ3n) is 4.48. The quantitative estimate of drug-likeness (QED) is 0.695. The van der Waals surface area contributed by atoms with Crippen LogP contribution in [-0.2, 0) is 16.6 Å². The van der Waals surface area contributed by atoms with Gasteiger partial charge in [-0.2, -0.15) is 4.31 Å². The maximum atomic E-state index is 13.3. The van der Waals surface area contributed by atoms with Crippen LogP contribution in [0, 0.1) is 6.92 Å². The van der Waals surface area contributed by atoms with Gasteiger partial charge in [0.25, 0.3) is 10.0 Å². The molecule has 27 heavy (non-hydrogen) atoms. The molecule has 2 amide bonds. The summed E-state index contributed by atoms with van der Waals surface area (Å²) in [7, 11) is -4.01. The lowest BCUT2D eigenvalue weighted by molar-refractivity contribution is 0.253. The summed E-state index contributed by atoms with van der Waals surface area (Å²) in [5, 5.41) is 0. The number of carbonyl (C=O) groups is 1. The van der Waals surface area contributed by atoms with Gasteiger partial charge in [0.1, 0.15) is 4.90 Å². The zero-order chi connectivity index (χ0) is 19.0. The Morgan fingerprint density at radius 1 is 0.926 bits per heavy atom. The summed E-state index contributed by atoms with van der Waals surface area (Å²) in [6.45, 7) is 2.01. The third kappa shape index (κ3) is 2.86. The van der Waals surface area contributed by atoms with E-state index in [0.29, 0.717) is 16.9 Å². The Balaban J connectivity index is 1.90. The molecule has 0 radical (unpaired) electrons. The minimum Gasteiger partial charge on any atom is -0.287 e. The highest BCUT2D eigenvalue weighted by Gasteiger charge is 2.42. The molecule has 1 aliphatic rings. The number of nitrogens with zero attached hydrogens (tertiary/aromatic N) is 3. The molecule has 0 saturated heterocycles. The van der Waals surface area contributed by atoms with Gasteiger partial charge in [-0.05, 0) is 42.3 Å². The molecule has 0 N–H and O–H groups in total. The highest BCUT2D eigenvalue weighted by molar-refractivity contribution is 7.94. The van der Waals surface area contributed by atoms with Crippen LogP contribution in [0.1, 0.15) is 11.1 Å². The summed E-state index contributed by atoms with van der Waals surface area (Å²) < 4.78 is 27.4. The second-order valence-electron chi connectivity index (χ2n) is 6.25. The number of urea groups is 1. The monoisotopic (exact) mass is 379 g/mol. The summed E-state index contributed by atoms with van der Waals surface area (Å²) in [5.41, 5.74) is 2.24. The van der Waals surface area contributed by atoms with Crippen LogP contribution in [0.15, 0.2) is 78.0 Å². The van der Waals surface area contributed by atoms with Crippen molar-refractivity contribution in [2.45, 2.75) is 18.4 Å². The number of rotatable bonds is 3. The first-order chi connectivity index (χ1) is 13.0. The second-order valence-corrected chi connectivity index (χ2v) is 8.01. The Labute approximate surface area is 157 Å². The molecule has 4 rings (SSSR count). The molecule has 1 aliphatic heterocycles. The van der Waals surface area contributed by atoms with E-state index in [1.54, 1.807) is 67.8 Å². The van der Waals surface area contributed by atoms with E-state index in [4.69, 9.17) is 0 Å². The van der Waals surface area contributed by atoms with Gasteiger partial charge < -0.3 is 0 Å². The van der Waals surface area contributed by atoms with E-state index in [1.807, 2.05) is 6.07 Å². The number of sulfonamides is 1. The number of anilines is 2. The van der Waals surface area contributed by atoms with Crippen LogP contribution in [-0.4, -0.2) is 19.4 Å². The minimum atomic E-state index is -4.01. The van der Waals surface area contributed by atoms with Gasteiger partial charge in [-0.15, -0.1) is 0 Å². The van der Waals surface area contributed by atoms with Gasteiger partial charge in [-0.1, -0.05) is 36.4 Å². The Bertz CT molecular complexity index is 1110. The zero-order valence-electron chi connectivity index (χ0n) is 14.6. The lowest BCUT2D eigenvalue weighted by atomic mass is 10.2. The van der Waals surface area contributed by atoms with Crippen molar-refractivity contribution >= 4 is 27.4 Å². The maximum absolute atomic E-state index is 13.3. The van der Waals surface area contributed by atoms with E-state index in [9.17, 15) is 13.2 Å². The number of amides is 2. The van der Waals surface area contributed by atoms with Crippen LogP contribution >= 0.6 is 0 Å². The van der Waals surface area contributed by atoms with Gasteiger partial charge in [-0.25, -0.2) is 13.2 Å². The number of benzene rings is 2. The van der Waals surface area contributed by atoms with Crippen LogP contribution < -0.4 is 9.21 Å². The van der Waals surface area contributed by atoms with Crippen LogP contribution in [0.3, 0.4) is 0 Å². The van der Waals surface area contributed by atoms with E-state index in [-0.39, 0.29) is 11.4 Å². The fourth-order valence-electron chi connectivity index (χ4n) is 3.16. The largest absolute Gasteiger partial charge is 0.343 e. The van der Waals surface area contributed by atoms with Crippen LogP contribution in [0.4, 0.5) is 16.2 Å². The minimum absolute atomic E-state index is 0.108. The lowest BCUT2D eigenvalue weighted by Crippen LogP contribution is -2.51. The van der Waals surface area contributed by atoms with Gasteiger partial charge in [0.05, 0.1) is 17.9 Å². The van der Waals surface area contributed by atoms with Crippen molar-refractivity contribution in [2.24, 2.45) is 0 Å². The van der Waals surface area contributed by atoms with Crippen molar-refractivity contribution < 1.29 is 13.2 Å². The number of hydrogen-bond donors (Lipinski definition) is 0. The average molecular weight is 379 g/mol. The molecule has 0 saturated carbocycles. The molecule has 0 atom stereocenters. The molecule has 6 nitrogen and oxygen atoms in total. The topological polar surface area (TPSA) is 70.6 Å². The van der Waals surface area contributed by atoms with E-state index < -0.39 is 16.1 Å². The summed E-state index contributed by atoms with van der Waals surface area (Å²) >= 11 is 0. The summed E-state index contributed by atoms with van der Waals surface area (Å²) in [5.74, 6) is 0. The van der Waals surface area contributed by atoms with Crippen molar-refractivity contribution in [1.29, 1.82) is 0 Å². The van der Waals surface area contributed by atoms with Crippen molar-refractivity contribution in [2.75, 3.05) is 9.21 Å².